The standard InChI is InChI=1S/C22H33N3O3/c1-24(22(27)15-19-7-8-21(26)23-19)16-17-9-12-25(13-10-17)14-11-18-5-3-4-6-20(18)28-2/h3-6,17,19H,7-16H2,1-2H3,(H,23,26)/t19-/m1/s1. The lowest BCUT2D eigenvalue weighted by atomic mass is 9.95. The molecule has 2 saturated heterocycles. The molecule has 0 unspecified atom stereocenters. The average molecular weight is 388 g/mol. The number of hydrogen-bond donors (Lipinski definition) is 1. The Labute approximate surface area is 168 Å². The molecule has 2 fully saturated rings. The first kappa shape index (κ1) is 20.6. The van der Waals surface area contributed by atoms with Gasteiger partial charge in [-0.25, -0.2) is 0 Å². The van der Waals surface area contributed by atoms with E-state index < -0.39 is 0 Å². The molecule has 0 bridgehead atoms. The Morgan fingerprint density at radius 1 is 1.25 bits per heavy atom. The molecule has 1 aromatic rings. The topological polar surface area (TPSA) is 61.9 Å². The van der Waals surface area contributed by atoms with E-state index in [1.165, 1.54) is 5.56 Å². The van der Waals surface area contributed by atoms with E-state index in [0.717, 1.165) is 57.6 Å². The molecule has 6 nitrogen and oxygen atoms in total. The van der Waals surface area contributed by atoms with Crippen molar-refractivity contribution in [3.05, 3.63) is 29.8 Å². The van der Waals surface area contributed by atoms with E-state index in [4.69, 9.17) is 4.74 Å². The maximum atomic E-state index is 12.4. The number of methoxy groups -OCH3 is 1. The Morgan fingerprint density at radius 2 is 2.00 bits per heavy atom. The summed E-state index contributed by atoms with van der Waals surface area (Å²) in [4.78, 5) is 28.1. The summed E-state index contributed by atoms with van der Waals surface area (Å²) in [5.74, 6) is 1.75. The van der Waals surface area contributed by atoms with Crippen LogP contribution in [0.5, 0.6) is 5.75 Å². The Bertz CT molecular complexity index is 671. The molecule has 1 aromatic carbocycles. The first-order valence-electron chi connectivity index (χ1n) is 10.4. The molecular formula is C22H33N3O3. The van der Waals surface area contributed by atoms with E-state index in [1.807, 2.05) is 24.1 Å². The molecule has 154 valence electrons. The summed E-state index contributed by atoms with van der Waals surface area (Å²) in [5, 5.41) is 2.88. The van der Waals surface area contributed by atoms with Gasteiger partial charge in [-0.05, 0) is 56.3 Å². The van der Waals surface area contributed by atoms with Crippen molar-refractivity contribution in [3.63, 3.8) is 0 Å². The van der Waals surface area contributed by atoms with Crippen molar-refractivity contribution >= 4 is 11.8 Å². The van der Waals surface area contributed by atoms with Crippen LogP contribution in [0.4, 0.5) is 0 Å². The molecule has 6 heteroatoms. The van der Waals surface area contributed by atoms with Crippen LogP contribution in [0.3, 0.4) is 0 Å². The van der Waals surface area contributed by atoms with Crippen LogP contribution < -0.4 is 10.1 Å². The fourth-order valence-corrected chi connectivity index (χ4v) is 4.27. The van der Waals surface area contributed by atoms with Gasteiger partial charge < -0.3 is 19.9 Å². The van der Waals surface area contributed by atoms with Crippen LogP contribution in [-0.2, 0) is 16.0 Å². The second kappa shape index (κ2) is 9.92. The molecule has 1 atom stereocenters. The Morgan fingerprint density at radius 3 is 2.68 bits per heavy atom. The number of rotatable bonds is 8. The molecule has 28 heavy (non-hydrogen) atoms. The number of amides is 2. The third kappa shape index (κ3) is 5.71. The lowest BCUT2D eigenvalue weighted by molar-refractivity contribution is -0.131. The van der Waals surface area contributed by atoms with E-state index in [2.05, 4.69) is 22.3 Å². The van der Waals surface area contributed by atoms with E-state index in [1.54, 1.807) is 7.11 Å². The highest BCUT2D eigenvalue weighted by Crippen LogP contribution is 2.22. The second-order valence-corrected chi connectivity index (χ2v) is 8.13. The van der Waals surface area contributed by atoms with Crippen molar-refractivity contribution in [3.8, 4) is 5.75 Å². The zero-order valence-corrected chi connectivity index (χ0v) is 17.2. The summed E-state index contributed by atoms with van der Waals surface area (Å²) in [6.07, 6.45) is 5.02. The van der Waals surface area contributed by atoms with Gasteiger partial charge >= 0.3 is 0 Å². The van der Waals surface area contributed by atoms with E-state index in [0.29, 0.717) is 18.8 Å². The number of ether oxygens (including phenoxy) is 1. The first-order chi connectivity index (χ1) is 13.5. The van der Waals surface area contributed by atoms with Crippen molar-refractivity contribution in [2.45, 2.75) is 44.6 Å². The van der Waals surface area contributed by atoms with E-state index in [9.17, 15) is 9.59 Å². The summed E-state index contributed by atoms with van der Waals surface area (Å²) >= 11 is 0. The van der Waals surface area contributed by atoms with Crippen LogP contribution in [0.15, 0.2) is 24.3 Å². The van der Waals surface area contributed by atoms with Crippen LogP contribution in [0.1, 0.15) is 37.7 Å². The fourth-order valence-electron chi connectivity index (χ4n) is 4.27. The predicted molar refractivity (Wildman–Crippen MR) is 109 cm³/mol. The lowest BCUT2D eigenvalue weighted by Crippen LogP contribution is -2.41. The number of benzene rings is 1. The summed E-state index contributed by atoms with van der Waals surface area (Å²) in [6, 6.07) is 8.25. The van der Waals surface area contributed by atoms with E-state index in [-0.39, 0.29) is 17.9 Å². The molecule has 3 rings (SSSR count). The number of carbonyl (C=O) groups is 2. The molecule has 2 heterocycles. The van der Waals surface area contributed by atoms with Crippen molar-refractivity contribution in [2.75, 3.05) is 40.3 Å². The van der Waals surface area contributed by atoms with Crippen molar-refractivity contribution in [1.29, 1.82) is 0 Å². The summed E-state index contributed by atoms with van der Waals surface area (Å²) in [5.41, 5.74) is 1.26. The van der Waals surface area contributed by atoms with Gasteiger partial charge in [0.2, 0.25) is 11.8 Å². The van der Waals surface area contributed by atoms with E-state index >= 15 is 0 Å². The highest BCUT2D eigenvalue weighted by molar-refractivity contribution is 5.81. The number of nitrogens with one attached hydrogen (secondary N) is 1. The quantitative estimate of drug-likeness (QED) is 0.742. The van der Waals surface area contributed by atoms with Crippen molar-refractivity contribution in [2.24, 2.45) is 5.92 Å². The maximum absolute atomic E-state index is 12.4. The maximum Gasteiger partial charge on any atom is 0.224 e. The molecule has 0 spiro atoms. The van der Waals surface area contributed by atoms with Crippen LogP contribution in [0.2, 0.25) is 0 Å². The molecule has 0 radical (unpaired) electrons. The molecule has 2 aliphatic rings. The number of likely N-dealkylation sites (tertiary alicyclic amines) is 1. The number of carbonyl (C=O) groups excluding carboxylic acids is 2. The first-order valence-corrected chi connectivity index (χ1v) is 10.4. The van der Waals surface area contributed by atoms with Crippen LogP contribution in [0, 0.1) is 5.92 Å². The van der Waals surface area contributed by atoms with Crippen molar-refractivity contribution in [1.82, 2.24) is 15.1 Å². The molecule has 0 saturated carbocycles. The van der Waals surface area contributed by atoms with Gasteiger partial charge in [0.25, 0.3) is 0 Å². The fraction of sp³-hybridized carbons (Fsp3) is 0.636. The molecular weight excluding hydrogens is 354 g/mol. The minimum absolute atomic E-state index is 0.0271. The summed E-state index contributed by atoms with van der Waals surface area (Å²) < 4.78 is 5.44. The van der Waals surface area contributed by atoms with Gasteiger partial charge in [-0.1, -0.05) is 18.2 Å². The van der Waals surface area contributed by atoms with Gasteiger partial charge in [-0.15, -0.1) is 0 Å². The highest BCUT2D eigenvalue weighted by Gasteiger charge is 2.26. The summed E-state index contributed by atoms with van der Waals surface area (Å²) in [6.45, 7) is 4.03. The minimum Gasteiger partial charge on any atom is -0.496 e. The summed E-state index contributed by atoms with van der Waals surface area (Å²) in [7, 11) is 3.62. The number of nitrogens with zero attached hydrogens (tertiary/aromatic N) is 2. The van der Waals surface area contributed by atoms with Crippen LogP contribution >= 0.6 is 0 Å². The van der Waals surface area contributed by atoms with Gasteiger partial charge in [0, 0.05) is 39.0 Å². The van der Waals surface area contributed by atoms with Gasteiger partial charge in [0.15, 0.2) is 0 Å². The second-order valence-electron chi connectivity index (χ2n) is 8.13. The van der Waals surface area contributed by atoms with Crippen molar-refractivity contribution < 1.29 is 14.3 Å². The predicted octanol–water partition coefficient (Wildman–Crippen LogP) is 2.08. The smallest absolute Gasteiger partial charge is 0.224 e. The van der Waals surface area contributed by atoms with Gasteiger partial charge in [-0.2, -0.15) is 0 Å². The zero-order valence-electron chi connectivity index (χ0n) is 17.2. The molecule has 1 N–H and O–H groups in total. The molecule has 2 amide bonds. The van der Waals surface area contributed by atoms with Gasteiger partial charge in [-0.3, -0.25) is 9.59 Å². The highest BCUT2D eigenvalue weighted by atomic mass is 16.5. The Hall–Kier alpha value is -2.08. The third-order valence-electron chi connectivity index (χ3n) is 6.06. The molecule has 2 aliphatic heterocycles. The number of hydrogen-bond acceptors (Lipinski definition) is 4. The Kier molecular flexibility index (Phi) is 7.31. The molecule has 0 aromatic heterocycles. The third-order valence-corrected chi connectivity index (χ3v) is 6.06. The van der Waals surface area contributed by atoms with Gasteiger partial charge in [0.05, 0.1) is 7.11 Å². The number of para-hydroxylation sites is 1. The Balaban J connectivity index is 1.36. The zero-order chi connectivity index (χ0) is 19.9. The molecule has 0 aliphatic carbocycles. The average Bonchev–Trinajstić information content (AvgIpc) is 3.12. The minimum atomic E-state index is 0.0271. The van der Waals surface area contributed by atoms with Crippen LogP contribution in [0.25, 0.3) is 0 Å². The monoisotopic (exact) mass is 387 g/mol. The van der Waals surface area contributed by atoms with Gasteiger partial charge in [0.1, 0.15) is 5.75 Å². The normalized spacial score (nSPS) is 20.8. The largest absolute Gasteiger partial charge is 0.496 e. The lowest BCUT2D eigenvalue weighted by Gasteiger charge is -2.34. The van der Waals surface area contributed by atoms with Crippen LogP contribution in [-0.4, -0.2) is 68.0 Å². The number of piperidine rings is 1. The SMILES string of the molecule is COc1ccccc1CCN1CCC(CN(C)C(=O)C[C@H]2CCC(=O)N2)CC1.